The Morgan fingerprint density at radius 1 is 1.35 bits per heavy atom. The second-order valence-electron chi connectivity index (χ2n) is 4.38. The van der Waals surface area contributed by atoms with Gasteiger partial charge in [-0.3, -0.25) is 4.55 Å². The van der Waals surface area contributed by atoms with Gasteiger partial charge in [0.2, 0.25) is 0 Å². The Kier molecular flexibility index (Phi) is 3.81. The molecule has 1 atom stereocenters. The van der Waals surface area contributed by atoms with Crippen molar-refractivity contribution in [3.8, 4) is 0 Å². The van der Waals surface area contributed by atoms with E-state index in [9.17, 15) is 8.42 Å². The maximum Gasteiger partial charge on any atom is 0.264 e. The Morgan fingerprint density at radius 2 is 2.12 bits per heavy atom. The van der Waals surface area contributed by atoms with Crippen LogP contribution in [0.1, 0.15) is 30.0 Å². The molecule has 1 aromatic rings. The molecular weight excluding hydrogens is 238 g/mol. The third-order valence-corrected chi connectivity index (χ3v) is 3.91. The first-order chi connectivity index (χ1) is 8.06. The Morgan fingerprint density at radius 3 is 2.88 bits per heavy atom. The Hall–Kier alpha value is -0.910. The summed E-state index contributed by atoms with van der Waals surface area (Å²) in [5.74, 6) is -0.172. The molecule has 94 valence electrons. The molecule has 0 aromatic heterocycles. The van der Waals surface area contributed by atoms with Crippen LogP contribution in [0.3, 0.4) is 0 Å². The smallest absolute Gasteiger partial charge is 0.264 e. The van der Waals surface area contributed by atoms with Crippen molar-refractivity contribution < 1.29 is 13.0 Å². The van der Waals surface area contributed by atoms with Crippen LogP contribution in [0.5, 0.6) is 0 Å². The van der Waals surface area contributed by atoms with Crippen LogP contribution < -0.4 is 5.32 Å². The van der Waals surface area contributed by atoms with Gasteiger partial charge in [-0.15, -0.1) is 0 Å². The van der Waals surface area contributed by atoms with Gasteiger partial charge in [-0.1, -0.05) is 24.3 Å². The lowest BCUT2D eigenvalue weighted by atomic mass is 10.1. The molecule has 0 unspecified atom stereocenters. The Labute approximate surface area is 102 Å². The molecule has 1 aliphatic carbocycles. The summed E-state index contributed by atoms with van der Waals surface area (Å²) in [7, 11) is -3.82. The number of nitrogens with one attached hydrogen (secondary N) is 1. The van der Waals surface area contributed by atoms with Gasteiger partial charge in [0.25, 0.3) is 10.1 Å². The topological polar surface area (TPSA) is 66.4 Å². The van der Waals surface area contributed by atoms with Gasteiger partial charge in [0.15, 0.2) is 0 Å². The van der Waals surface area contributed by atoms with Crippen molar-refractivity contribution >= 4 is 10.1 Å². The van der Waals surface area contributed by atoms with Crippen LogP contribution >= 0.6 is 0 Å². The maximum atomic E-state index is 10.6. The van der Waals surface area contributed by atoms with Gasteiger partial charge in [-0.05, 0) is 36.9 Å². The average molecular weight is 255 g/mol. The molecule has 0 saturated carbocycles. The molecule has 0 bridgehead atoms. The van der Waals surface area contributed by atoms with Crippen LogP contribution in [0.4, 0.5) is 0 Å². The van der Waals surface area contributed by atoms with Gasteiger partial charge in [0.1, 0.15) is 0 Å². The second-order valence-corrected chi connectivity index (χ2v) is 5.96. The summed E-state index contributed by atoms with van der Waals surface area (Å²) in [5.41, 5.74) is 2.69. The van der Waals surface area contributed by atoms with Crippen molar-refractivity contribution in [2.24, 2.45) is 0 Å². The number of hydrogen-bond donors (Lipinski definition) is 2. The molecule has 0 spiro atoms. The fourth-order valence-corrected chi connectivity index (χ4v) is 2.81. The standard InChI is InChI=1S/C12H17NO3S/c14-17(15,16)9-3-8-13-12-7-6-10-4-1-2-5-11(10)12/h1-2,4-5,12-13H,3,6-9H2,(H,14,15,16)/t12-/m0/s1. The van der Waals surface area contributed by atoms with Crippen LogP contribution in [-0.2, 0) is 16.5 Å². The molecule has 0 aliphatic heterocycles. The van der Waals surface area contributed by atoms with Crippen molar-refractivity contribution in [3.05, 3.63) is 35.4 Å². The lowest BCUT2D eigenvalue weighted by Gasteiger charge is -2.13. The quantitative estimate of drug-likeness (QED) is 0.618. The number of benzene rings is 1. The first-order valence-electron chi connectivity index (χ1n) is 5.82. The summed E-state index contributed by atoms with van der Waals surface area (Å²) in [6.45, 7) is 0.610. The monoisotopic (exact) mass is 255 g/mol. The normalized spacial score (nSPS) is 19.2. The molecule has 17 heavy (non-hydrogen) atoms. The highest BCUT2D eigenvalue weighted by molar-refractivity contribution is 7.85. The van der Waals surface area contributed by atoms with Crippen molar-refractivity contribution in [2.45, 2.75) is 25.3 Å². The van der Waals surface area contributed by atoms with Gasteiger partial charge in [-0.25, -0.2) is 0 Å². The molecule has 2 rings (SSSR count). The van der Waals surface area contributed by atoms with E-state index < -0.39 is 10.1 Å². The van der Waals surface area contributed by atoms with E-state index in [1.165, 1.54) is 11.1 Å². The summed E-state index contributed by atoms with van der Waals surface area (Å²) in [6.07, 6.45) is 2.58. The summed E-state index contributed by atoms with van der Waals surface area (Å²) in [5, 5.41) is 3.33. The summed E-state index contributed by atoms with van der Waals surface area (Å²) >= 11 is 0. The van der Waals surface area contributed by atoms with E-state index in [2.05, 4.69) is 17.4 Å². The van der Waals surface area contributed by atoms with Crippen LogP contribution in [0.15, 0.2) is 24.3 Å². The van der Waals surface area contributed by atoms with Crippen molar-refractivity contribution in [3.63, 3.8) is 0 Å². The van der Waals surface area contributed by atoms with E-state index in [-0.39, 0.29) is 5.75 Å². The fourth-order valence-electron chi connectivity index (χ4n) is 2.30. The number of rotatable bonds is 5. The molecule has 0 amide bonds. The van der Waals surface area contributed by atoms with E-state index in [0.29, 0.717) is 19.0 Å². The SMILES string of the molecule is O=S(=O)(O)CCCN[C@H]1CCc2ccccc21. The molecule has 0 radical (unpaired) electrons. The zero-order valence-corrected chi connectivity index (χ0v) is 10.4. The van der Waals surface area contributed by atoms with Crippen LogP contribution in [0, 0.1) is 0 Å². The number of aryl methyl sites for hydroxylation is 1. The second kappa shape index (κ2) is 5.16. The molecule has 0 fully saturated rings. The van der Waals surface area contributed by atoms with Crippen molar-refractivity contribution in [2.75, 3.05) is 12.3 Å². The molecular formula is C12H17NO3S. The third kappa shape index (κ3) is 3.52. The number of hydrogen-bond acceptors (Lipinski definition) is 3. The first kappa shape index (κ1) is 12.5. The van der Waals surface area contributed by atoms with Gasteiger partial charge < -0.3 is 5.32 Å². The van der Waals surface area contributed by atoms with Crippen LogP contribution in [0.2, 0.25) is 0 Å². The molecule has 5 heteroatoms. The summed E-state index contributed by atoms with van der Waals surface area (Å²) in [6, 6.07) is 8.64. The van der Waals surface area contributed by atoms with Crippen LogP contribution in [0.25, 0.3) is 0 Å². The minimum Gasteiger partial charge on any atom is -0.310 e. The van der Waals surface area contributed by atoms with E-state index in [1.807, 2.05) is 12.1 Å². The lowest BCUT2D eigenvalue weighted by Crippen LogP contribution is -2.22. The van der Waals surface area contributed by atoms with Gasteiger partial charge in [-0.2, -0.15) is 8.42 Å². The zero-order valence-electron chi connectivity index (χ0n) is 9.59. The van der Waals surface area contributed by atoms with Crippen molar-refractivity contribution in [1.82, 2.24) is 5.32 Å². The van der Waals surface area contributed by atoms with E-state index in [4.69, 9.17) is 4.55 Å². The van der Waals surface area contributed by atoms with E-state index >= 15 is 0 Å². The van der Waals surface area contributed by atoms with Crippen LogP contribution in [-0.4, -0.2) is 25.3 Å². The first-order valence-corrected chi connectivity index (χ1v) is 7.43. The van der Waals surface area contributed by atoms with Gasteiger partial charge in [0, 0.05) is 6.04 Å². The summed E-state index contributed by atoms with van der Waals surface area (Å²) < 4.78 is 29.7. The predicted molar refractivity (Wildman–Crippen MR) is 66.5 cm³/mol. The summed E-state index contributed by atoms with van der Waals surface area (Å²) in [4.78, 5) is 0. The molecule has 0 saturated heterocycles. The molecule has 4 nitrogen and oxygen atoms in total. The van der Waals surface area contributed by atoms with E-state index in [1.54, 1.807) is 0 Å². The third-order valence-electron chi connectivity index (χ3n) is 3.10. The lowest BCUT2D eigenvalue weighted by molar-refractivity contribution is 0.475. The minimum atomic E-state index is -3.82. The van der Waals surface area contributed by atoms with Gasteiger partial charge >= 0.3 is 0 Å². The molecule has 1 aromatic carbocycles. The highest BCUT2D eigenvalue weighted by Crippen LogP contribution is 2.30. The molecule has 2 N–H and O–H groups in total. The molecule has 0 heterocycles. The van der Waals surface area contributed by atoms with Gasteiger partial charge in [0.05, 0.1) is 5.75 Å². The Balaban J connectivity index is 1.82. The Bertz CT molecular complexity index is 484. The molecule has 1 aliphatic rings. The average Bonchev–Trinajstić information content (AvgIpc) is 2.67. The number of fused-ring (bicyclic) bond motifs is 1. The predicted octanol–water partition coefficient (Wildman–Crippen LogP) is 1.54. The van der Waals surface area contributed by atoms with Crippen molar-refractivity contribution in [1.29, 1.82) is 0 Å². The largest absolute Gasteiger partial charge is 0.310 e. The minimum absolute atomic E-state index is 0.172. The van der Waals surface area contributed by atoms with E-state index in [0.717, 1.165) is 12.8 Å². The highest BCUT2D eigenvalue weighted by atomic mass is 32.2. The highest BCUT2D eigenvalue weighted by Gasteiger charge is 2.20. The fraction of sp³-hybridized carbons (Fsp3) is 0.500. The maximum absolute atomic E-state index is 10.6. The zero-order chi connectivity index (χ0) is 12.3.